The van der Waals surface area contributed by atoms with Gasteiger partial charge in [-0.3, -0.25) is 9.69 Å². The molecule has 1 amide bonds. The van der Waals surface area contributed by atoms with Crippen molar-refractivity contribution in [2.75, 3.05) is 12.4 Å². The SMILES string of the molecule is CCC(CC)C(=O)Nc1sc2c(c1C#N)CCC(N(C)Cc1cnc(-c3ccccc3)s1)C2. The van der Waals surface area contributed by atoms with Gasteiger partial charge in [0.2, 0.25) is 5.91 Å². The number of likely N-dealkylation sites (N-methyl/N-ethyl adjacent to an activating group) is 1. The van der Waals surface area contributed by atoms with Gasteiger partial charge < -0.3 is 5.32 Å². The molecule has 0 aliphatic heterocycles. The van der Waals surface area contributed by atoms with E-state index >= 15 is 0 Å². The Balaban J connectivity index is 1.44. The maximum Gasteiger partial charge on any atom is 0.228 e. The van der Waals surface area contributed by atoms with Crippen molar-refractivity contribution in [1.82, 2.24) is 9.88 Å². The highest BCUT2D eigenvalue weighted by molar-refractivity contribution is 7.16. The molecule has 1 aromatic carbocycles. The van der Waals surface area contributed by atoms with Crippen molar-refractivity contribution in [3.05, 3.63) is 57.4 Å². The Kier molecular flexibility index (Phi) is 7.59. The standard InChI is InChI=1S/C26H30N4OS2/c1-4-17(5-2)24(31)29-26-22(14-27)21-12-11-19(13-23(21)33-26)30(3)16-20-15-28-25(32-20)18-9-7-6-8-10-18/h6-10,15,17,19H,4-5,11-13,16H2,1-3H3,(H,29,31). The Morgan fingerprint density at radius 1 is 1.27 bits per heavy atom. The third-order valence-electron chi connectivity index (χ3n) is 6.55. The summed E-state index contributed by atoms with van der Waals surface area (Å²) < 4.78 is 0. The second kappa shape index (κ2) is 10.6. The first kappa shape index (κ1) is 23.6. The van der Waals surface area contributed by atoms with E-state index in [-0.39, 0.29) is 11.8 Å². The fraction of sp³-hybridized carbons (Fsp3) is 0.423. The minimum absolute atomic E-state index is 0.00487. The van der Waals surface area contributed by atoms with Gasteiger partial charge in [0.15, 0.2) is 0 Å². The molecule has 0 bridgehead atoms. The maximum absolute atomic E-state index is 12.6. The number of carbonyl (C=O) groups excluding carboxylic acids is 1. The number of nitrogens with one attached hydrogen (secondary N) is 1. The number of fused-ring (bicyclic) bond motifs is 1. The second-order valence-corrected chi connectivity index (χ2v) is 10.9. The van der Waals surface area contributed by atoms with Crippen LogP contribution in [0.2, 0.25) is 0 Å². The maximum atomic E-state index is 12.6. The molecule has 2 aromatic heterocycles. The van der Waals surface area contributed by atoms with Crippen molar-refractivity contribution in [1.29, 1.82) is 5.26 Å². The van der Waals surface area contributed by atoms with Gasteiger partial charge in [-0.05, 0) is 44.7 Å². The molecule has 3 aromatic rings. The summed E-state index contributed by atoms with van der Waals surface area (Å²) in [5.74, 6) is 0.0258. The molecule has 2 heterocycles. The van der Waals surface area contributed by atoms with Crippen LogP contribution >= 0.6 is 22.7 Å². The van der Waals surface area contributed by atoms with E-state index in [0.29, 0.717) is 11.6 Å². The van der Waals surface area contributed by atoms with Gasteiger partial charge in [0, 0.05) is 40.0 Å². The molecule has 5 nitrogen and oxygen atoms in total. The highest BCUT2D eigenvalue weighted by atomic mass is 32.1. The van der Waals surface area contributed by atoms with Crippen molar-refractivity contribution in [2.24, 2.45) is 5.92 Å². The van der Waals surface area contributed by atoms with Crippen LogP contribution in [0.15, 0.2) is 36.5 Å². The molecule has 172 valence electrons. The number of thiazole rings is 1. The molecule has 0 radical (unpaired) electrons. The lowest BCUT2D eigenvalue weighted by molar-refractivity contribution is -0.120. The van der Waals surface area contributed by atoms with Crippen molar-refractivity contribution >= 4 is 33.6 Å². The predicted octanol–water partition coefficient (Wildman–Crippen LogP) is 6.11. The Labute approximate surface area is 204 Å². The molecule has 1 aliphatic rings. The summed E-state index contributed by atoms with van der Waals surface area (Å²) in [6, 6.07) is 13.1. The van der Waals surface area contributed by atoms with E-state index in [1.807, 2.05) is 38.2 Å². The molecule has 0 saturated heterocycles. The summed E-state index contributed by atoms with van der Waals surface area (Å²) in [6.45, 7) is 4.93. The van der Waals surface area contributed by atoms with Crippen LogP contribution in [0, 0.1) is 17.2 Å². The van der Waals surface area contributed by atoms with Crippen molar-refractivity contribution in [3.8, 4) is 16.6 Å². The van der Waals surface area contributed by atoms with Crippen LogP contribution in [-0.2, 0) is 24.2 Å². The highest BCUT2D eigenvalue weighted by Gasteiger charge is 2.29. The number of carbonyl (C=O) groups is 1. The first-order valence-electron chi connectivity index (χ1n) is 11.6. The average Bonchev–Trinajstić information content (AvgIpc) is 3.43. The largest absolute Gasteiger partial charge is 0.316 e. The van der Waals surface area contributed by atoms with Gasteiger partial charge in [-0.2, -0.15) is 5.26 Å². The normalized spacial score (nSPS) is 15.5. The number of hydrogen-bond donors (Lipinski definition) is 1. The molecule has 0 spiro atoms. The molecule has 0 fully saturated rings. The van der Waals surface area contributed by atoms with Gasteiger partial charge in [0.05, 0.1) is 5.56 Å². The third kappa shape index (κ3) is 5.19. The lowest BCUT2D eigenvalue weighted by Crippen LogP contribution is -2.35. The minimum atomic E-state index is -0.00487. The molecule has 1 aliphatic carbocycles. The van der Waals surface area contributed by atoms with Crippen molar-refractivity contribution in [2.45, 2.75) is 58.5 Å². The van der Waals surface area contributed by atoms with Crippen molar-refractivity contribution in [3.63, 3.8) is 0 Å². The molecule has 1 unspecified atom stereocenters. The smallest absolute Gasteiger partial charge is 0.228 e. The molecule has 0 saturated carbocycles. The minimum Gasteiger partial charge on any atom is -0.316 e. The molecule has 4 rings (SSSR count). The van der Waals surface area contributed by atoms with Gasteiger partial charge in [0.1, 0.15) is 16.1 Å². The zero-order chi connectivity index (χ0) is 23.4. The number of hydrogen-bond acceptors (Lipinski definition) is 6. The zero-order valence-corrected chi connectivity index (χ0v) is 21.1. The van der Waals surface area contributed by atoms with Crippen LogP contribution < -0.4 is 5.32 Å². The summed E-state index contributed by atoms with van der Waals surface area (Å²) >= 11 is 3.34. The van der Waals surface area contributed by atoms with E-state index in [4.69, 9.17) is 0 Å². The number of nitrogens with zero attached hydrogens (tertiary/aromatic N) is 3. The fourth-order valence-electron chi connectivity index (χ4n) is 4.49. The molecule has 33 heavy (non-hydrogen) atoms. The topological polar surface area (TPSA) is 69.0 Å². The summed E-state index contributed by atoms with van der Waals surface area (Å²) in [4.78, 5) is 22.1. The number of rotatable bonds is 8. The van der Waals surface area contributed by atoms with Gasteiger partial charge in [-0.1, -0.05) is 44.2 Å². The van der Waals surface area contributed by atoms with Gasteiger partial charge in [0.25, 0.3) is 0 Å². The number of benzene rings is 1. The Hall–Kier alpha value is -2.53. The summed E-state index contributed by atoms with van der Waals surface area (Å²) in [6.07, 6.45) is 6.41. The molecule has 1 atom stereocenters. The van der Waals surface area contributed by atoms with Crippen LogP contribution in [0.3, 0.4) is 0 Å². The molecular formula is C26H30N4OS2. The van der Waals surface area contributed by atoms with Crippen LogP contribution in [-0.4, -0.2) is 28.9 Å². The van der Waals surface area contributed by atoms with E-state index in [1.54, 1.807) is 22.7 Å². The monoisotopic (exact) mass is 478 g/mol. The first-order valence-corrected chi connectivity index (χ1v) is 13.2. The molecule has 7 heteroatoms. The third-order valence-corrected chi connectivity index (χ3v) is 8.75. The number of nitriles is 1. The van der Waals surface area contributed by atoms with Gasteiger partial charge in [-0.15, -0.1) is 22.7 Å². The molecular weight excluding hydrogens is 448 g/mol. The second-order valence-electron chi connectivity index (χ2n) is 8.63. The van der Waals surface area contributed by atoms with Gasteiger partial charge >= 0.3 is 0 Å². The van der Waals surface area contributed by atoms with E-state index < -0.39 is 0 Å². The van der Waals surface area contributed by atoms with E-state index in [9.17, 15) is 10.1 Å². The number of aromatic nitrogens is 1. The van der Waals surface area contributed by atoms with Crippen molar-refractivity contribution < 1.29 is 4.79 Å². The quantitative estimate of drug-likeness (QED) is 0.424. The lowest BCUT2D eigenvalue weighted by Gasteiger charge is -2.30. The molecule has 1 N–H and O–H groups in total. The van der Waals surface area contributed by atoms with Crippen LogP contribution in [0.1, 0.15) is 54.0 Å². The lowest BCUT2D eigenvalue weighted by atomic mass is 9.91. The first-order chi connectivity index (χ1) is 16.0. The average molecular weight is 479 g/mol. The van der Waals surface area contributed by atoms with E-state index in [1.165, 1.54) is 9.75 Å². The number of amides is 1. The Morgan fingerprint density at radius 3 is 2.73 bits per heavy atom. The highest BCUT2D eigenvalue weighted by Crippen LogP contribution is 2.39. The summed E-state index contributed by atoms with van der Waals surface area (Å²) in [7, 11) is 2.17. The Morgan fingerprint density at radius 2 is 2.03 bits per heavy atom. The number of anilines is 1. The zero-order valence-electron chi connectivity index (χ0n) is 19.4. The summed E-state index contributed by atoms with van der Waals surface area (Å²) in [5, 5.41) is 14.6. The van der Waals surface area contributed by atoms with Gasteiger partial charge in [-0.25, -0.2) is 4.98 Å². The fourth-order valence-corrected chi connectivity index (χ4v) is 6.75. The van der Waals surface area contributed by atoms with Crippen LogP contribution in [0.25, 0.3) is 10.6 Å². The number of thiophene rings is 1. The Bertz CT molecular complexity index is 1140. The predicted molar refractivity (Wildman–Crippen MR) is 137 cm³/mol. The van der Waals surface area contributed by atoms with Crippen LogP contribution in [0.5, 0.6) is 0 Å². The van der Waals surface area contributed by atoms with E-state index in [0.717, 1.165) is 59.8 Å². The van der Waals surface area contributed by atoms with E-state index in [2.05, 4.69) is 40.5 Å². The van der Waals surface area contributed by atoms with Crippen LogP contribution in [0.4, 0.5) is 5.00 Å². The summed E-state index contributed by atoms with van der Waals surface area (Å²) in [5.41, 5.74) is 2.96.